The molecule has 4 rings (SSSR count). The maximum absolute atomic E-state index is 12.5. The van der Waals surface area contributed by atoms with Gasteiger partial charge in [0.1, 0.15) is 0 Å². The summed E-state index contributed by atoms with van der Waals surface area (Å²) >= 11 is 0. The molecule has 0 bridgehead atoms. The molecular formula is C24H36N4O2. The van der Waals surface area contributed by atoms with Crippen molar-refractivity contribution in [1.82, 2.24) is 20.4 Å². The Kier molecular flexibility index (Phi) is 7.05. The van der Waals surface area contributed by atoms with E-state index in [1.54, 1.807) is 0 Å². The molecule has 1 aliphatic carbocycles. The van der Waals surface area contributed by atoms with Gasteiger partial charge in [-0.25, -0.2) is 0 Å². The number of benzene rings is 1. The summed E-state index contributed by atoms with van der Waals surface area (Å²) in [7, 11) is 0. The fourth-order valence-electron chi connectivity index (χ4n) is 5.53. The van der Waals surface area contributed by atoms with Crippen LogP contribution in [-0.4, -0.2) is 73.0 Å². The minimum Gasteiger partial charge on any atom is -0.355 e. The van der Waals surface area contributed by atoms with Gasteiger partial charge in [0.25, 0.3) is 0 Å². The first-order valence-electron chi connectivity index (χ1n) is 11.7. The number of likely N-dealkylation sites (tertiary alicyclic amines) is 2. The number of hydrogen-bond acceptors (Lipinski definition) is 4. The molecule has 0 radical (unpaired) electrons. The van der Waals surface area contributed by atoms with E-state index in [9.17, 15) is 9.59 Å². The Labute approximate surface area is 180 Å². The van der Waals surface area contributed by atoms with Crippen molar-refractivity contribution in [2.45, 2.75) is 57.5 Å². The summed E-state index contributed by atoms with van der Waals surface area (Å²) in [6.45, 7) is 6.86. The molecule has 1 atom stereocenters. The smallest absolute Gasteiger partial charge is 0.224 e. The standard InChI is InChI=1S/C24H36N4O2/c1-18(29)25-10-11-26-24(30)21-7-4-12-28(17-21)22-8-13-27(14-9-22)23-15-19-5-2-3-6-20(19)16-23/h2-3,5-6,21-23H,4,7-17H2,1H3,(H,25,29)(H,26,30)/t21-/m1/s1. The Hall–Kier alpha value is -1.92. The maximum Gasteiger partial charge on any atom is 0.224 e. The molecule has 6 nitrogen and oxygen atoms in total. The lowest BCUT2D eigenvalue weighted by Crippen LogP contribution is -2.52. The molecule has 0 aromatic heterocycles. The largest absolute Gasteiger partial charge is 0.355 e. The lowest BCUT2D eigenvalue weighted by atomic mass is 9.92. The van der Waals surface area contributed by atoms with Crippen LogP contribution in [0.1, 0.15) is 43.7 Å². The van der Waals surface area contributed by atoms with E-state index in [0.29, 0.717) is 25.2 Å². The second-order valence-corrected chi connectivity index (χ2v) is 9.21. The van der Waals surface area contributed by atoms with Crippen molar-refractivity contribution in [3.63, 3.8) is 0 Å². The first-order valence-corrected chi connectivity index (χ1v) is 11.7. The summed E-state index contributed by atoms with van der Waals surface area (Å²) in [5.41, 5.74) is 3.07. The number of piperidine rings is 2. The van der Waals surface area contributed by atoms with Crippen LogP contribution in [-0.2, 0) is 22.4 Å². The first kappa shape index (κ1) is 21.3. The van der Waals surface area contributed by atoms with Gasteiger partial charge >= 0.3 is 0 Å². The molecule has 2 fully saturated rings. The number of nitrogens with zero attached hydrogens (tertiary/aromatic N) is 2. The zero-order chi connectivity index (χ0) is 20.9. The van der Waals surface area contributed by atoms with Crippen LogP contribution in [0.2, 0.25) is 0 Å². The Balaban J connectivity index is 1.21. The average Bonchev–Trinajstić information content (AvgIpc) is 3.21. The number of carbonyl (C=O) groups is 2. The third-order valence-corrected chi connectivity index (χ3v) is 7.18. The van der Waals surface area contributed by atoms with E-state index in [0.717, 1.165) is 25.9 Å². The van der Waals surface area contributed by atoms with Crippen molar-refractivity contribution in [2.24, 2.45) is 5.92 Å². The molecule has 2 amide bonds. The van der Waals surface area contributed by atoms with Crippen molar-refractivity contribution in [2.75, 3.05) is 39.3 Å². The Morgan fingerprint density at radius 3 is 2.23 bits per heavy atom. The van der Waals surface area contributed by atoms with Gasteiger partial charge in [-0.3, -0.25) is 19.4 Å². The summed E-state index contributed by atoms with van der Waals surface area (Å²) in [5.74, 6) is 0.172. The fraction of sp³-hybridized carbons (Fsp3) is 0.667. The quantitative estimate of drug-likeness (QED) is 0.697. The minimum atomic E-state index is -0.0547. The predicted octanol–water partition coefficient (Wildman–Crippen LogP) is 1.58. The van der Waals surface area contributed by atoms with Crippen LogP contribution in [0.3, 0.4) is 0 Å². The molecule has 3 aliphatic rings. The normalized spacial score (nSPS) is 23.8. The highest BCUT2D eigenvalue weighted by Gasteiger charge is 2.34. The van der Waals surface area contributed by atoms with Gasteiger partial charge in [-0.1, -0.05) is 24.3 Å². The third-order valence-electron chi connectivity index (χ3n) is 7.18. The van der Waals surface area contributed by atoms with Crippen LogP contribution < -0.4 is 10.6 Å². The van der Waals surface area contributed by atoms with Crippen LogP contribution in [0.5, 0.6) is 0 Å². The van der Waals surface area contributed by atoms with Crippen LogP contribution in [0, 0.1) is 5.92 Å². The average molecular weight is 413 g/mol. The van der Waals surface area contributed by atoms with Crippen molar-refractivity contribution in [3.8, 4) is 0 Å². The van der Waals surface area contributed by atoms with Gasteiger partial charge in [-0.05, 0) is 69.3 Å². The summed E-state index contributed by atoms with van der Waals surface area (Å²) in [5, 5.41) is 5.72. The number of amides is 2. The molecule has 6 heteroatoms. The zero-order valence-corrected chi connectivity index (χ0v) is 18.2. The second kappa shape index (κ2) is 9.92. The molecule has 30 heavy (non-hydrogen) atoms. The van der Waals surface area contributed by atoms with Gasteiger partial charge in [0.2, 0.25) is 11.8 Å². The monoisotopic (exact) mass is 412 g/mol. The fourth-order valence-corrected chi connectivity index (χ4v) is 5.53. The zero-order valence-electron chi connectivity index (χ0n) is 18.2. The molecule has 0 saturated carbocycles. The van der Waals surface area contributed by atoms with Crippen molar-refractivity contribution < 1.29 is 9.59 Å². The van der Waals surface area contributed by atoms with E-state index in [1.807, 2.05) is 0 Å². The number of hydrogen-bond donors (Lipinski definition) is 2. The van der Waals surface area contributed by atoms with E-state index >= 15 is 0 Å². The summed E-state index contributed by atoms with van der Waals surface area (Å²) in [6, 6.07) is 10.2. The number of rotatable bonds is 6. The van der Waals surface area contributed by atoms with Crippen LogP contribution in [0.25, 0.3) is 0 Å². The van der Waals surface area contributed by atoms with Crippen molar-refractivity contribution >= 4 is 11.8 Å². The number of carbonyl (C=O) groups excluding carboxylic acids is 2. The molecule has 1 aromatic carbocycles. The lowest BCUT2D eigenvalue weighted by molar-refractivity contribution is -0.127. The van der Waals surface area contributed by atoms with Crippen LogP contribution in [0.4, 0.5) is 0 Å². The van der Waals surface area contributed by atoms with Crippen molar-refractivity contribution in [1.29, 1.82) is 0 Å². The van der Waals surface area contributed by atoms with E-state index in [2.05, 4.69) is 44.7 Å². The number of fused-ring (bicyclic) bond motifs is 1. The predicted molar refractivity (Wildman–Crippen MR) is 118 cm³/mol. The molecule has 0 spiro atoms. The summed E-state index contributed by atoms with van der Waals surface area (Å²) in [6.07, 6.45) is 6.90. The maximum atomic E-state index is 12.5. The van der Waals surface area contributed by atoms with E-state index in [1.165, 1.54) is 56.8 Å². The minimum absolute atomic E-state index is 0.0547. The number of nitrogens with one attached hydrogen (secondary N) is 2. The summed E-state index contributed by atoms with van der Waals surface area (Å²) in [4.78, 5) is 28.8. The van der Waals surface area contributed by atoms with E-state index < -0.39 is 0 Å². The SMILES string of the molecule is CC(=O)NCCNC(=O)[C@@H]1CCCN(C2CCN(C3Cc4ccccc4C3)CC2)C1. The molecule has 1 aromatic rings. The Bertz CT molecular complexity index is 719. The lowest BCUT2D eigenvalue weighted by Gasteiger charge is -2.43. The van der Waals surface area contributed by atoms with E-state index in [-0.39, 0.29) is 17.7 Å². The Morgan fingerprint density at radius 1 is 0.900 bits per heavy atom. The Morgan fingerprint density at radius 2 is 1.57 bits per heavy atom. The summed E-state index contributed by atoms with van der Waals surface area (Å²) < 4.78 is 0. The molecule has 2 N–H and O–H groups in total. The third kappa shape index (κ3) is 5.22. The molecule has 2 saturated heterocycles. The van der Waals surface area contributed by atoms with Gasteiger partial charge < -0.3 is 10.6 Å². The molecular weight excluding hydrogens is 376 g/mol. The van der Waals surface area contributed by atoms with Gasteiger partial charge in [-0.15, -0.1) is 0 Å². The van der Waals surface area contributed by atoms with Gasteiger partial charge in [0.15, 0.2) is 0 Å². The van der Waals surface area contributed by atoms with Gasteiger partial charge in [0, 0.05) is 38.6 Å². The van der Waals surface area contributed by atoms with Crippen LogP contribution >= 0.6 is 0 Å². The van der Waals surface area contributed by atoms with Gasteiger partial charge in [0.05, 0.1) is 5.92 Å². The second-order valence-electron chi connectivity index (χ2n) is 9.21. The topological polar surface area (TPSA) is 64.7 Å². The molecule has 164 valence electrons. The molecule has 2 heterocycles. The van der Waals surface area contributed by atoms with E-state index in [4.69, 9.17) is 0 Å². The highest BCUT2D eigenvalue weighted by molar-refractivity contribution is 5.79. The highest BCUT2D eigenvalue weighted by Crippen LogP contribution is 2.29. The van der Waals surface area contributed by atoms with Gasteiger partial charge in [-0.2, -0.15) is 0 Å². The molecule has 0 unspecified atom stereocenters. The first-order chi connectivity index (χ1) is 14.6. The molecule has 2 aliphatic heterocycles. The van der Waals surface area contributed by atoms with Crippen LogP contribution in [0.15, 0.2) is 24.3 Å². The van der Waals surface area contributed by atoms with Crippen molar-refractivity contribution in [3.05, 3.63) is 35.4 Å². The highest BCUT2D eigenvalue weighted by atomic mass is 16.2.